The summed E-state index contributed by atoms with van der Waals surface area (Å²) in [6, 6.07) is 7.65. The zero-order valence-electron chi connectivity index (χ0n) is 11.0. The van der Waals surface area contributed by atoms with Crippen LogP contribution in [0.5, 0.6) is 11.5 Å². The number of nitrogens with two attached hydrogens (primary N) is 1. The fourth-order valence-electron chi connectivity index (χ4n) is 2.36. The maximum absolute atomic E-state index is 5.89. The van der Waals surface area contributed by atoms with E-state index in [1.54, 1.807) is 6.07 Å². The summed E-state index contributed by atoms with van der Waals surface area (Å²) in [7, 11) is 0. The third-order valence-electron chi connectivity index (χ3n) is 3.54. The number of anilines is 1. The molecule has 0 spiro atoms. The number of rotatable bonds is 2. The molecule has 102 valence electrons. The van der Waals surface area contributed by atoms with Crippen LogP contribution in [0, 0.1) is 0 Å². The molecule has 2 aromatic rings. The summed E-state index contributed by atoms with van der Waals surface area (Å²) in [5, 5.41) is 0. The molecule has 1 aliphatic heterocycles. The Bertz CT molecular complexity index is 668. The molecule has 2 N–H and O–H groups in total. The topological polar surface area (TPSA) is 70.3 Å². The van der Waals surface area contributed by atoms with Gasteiger partial charge in [-0.05, 0) is 31.0 Å². The SMILES string of the molecule is Nc1cc(-c2ccc3c(c2)OCCO3)nc(C2CC2)n1. The van der Waals surface area contributed by atoms with E-state index >= 15 is 0 Å². The van der Waals surface area contributed by atoms with Gasteiger partial charge in [0.1, 0.15) is 24.9 Å². The molecule has 0 saturated heterocycles. The fourth-order valence-corrected chi connectivity index (χ4v) is 2.36. The highest BCUT2D eigenvalue weighted by Gasteiger charge is 2.27. The lowest BCUT2D eigenvalue weighted by molar-refractivity contribution is 0.171. The minimum atomic E-state index is 0.481. The lowest BCUT2D eigenvalue weighted by Crippen LogP contribution is -2.15. The predicted octanol–water partition coefficient (Wildman–Crippen LogP) is 2.37. The van der Waals surface area contributed by atoms with Gasteiger partial charge in [0, 0.05) is 17.5 Å². The van der Waals surface area contributed by atoms with Crippen LogP contribution in [0.3, 0.4) is 0 Å². The minimum absolute atomic E-state index is 0.481. The van der Waals surface area contributed by atoms with E-state index in [-0.39, 0.29) is 0 Å². The van der Waals surface area contributed by atoms with Gasteiger partial charge in [-0.25, -0.2) is 9.97 Å². The Morgan fingerprint density at radius 2 is 1.80 bits per heavy atom. The average molecular weight is 269 g/mol. The summed E-state index contributed by atoms with van der Waals surface area (Å²) in [4.78, 5) is 8.95. The van der Waals surface area contributed by atoms with E-state index in [1.807, 2.05) is 18.2 Å². The van der Waals surface area contributed by atoms with Crippen LogP contribution in [-0.4, -0.2) is 23.2 Å². The second-order valence-electron chi connectivity index (χ2n) is 5.17. The highest BCUT2D eigenvalue weighted by Crippen LogP contribution is 2.40. The Balaban J connectivity index is 1.76. The molecule has 0 atom stereocenters. The zero-order chi connectivity index (χ0) is 13.5. The monoisotopic (exact) mass is 269 g/mol. The number of ether oxygens (including phenoxy) is 2. The van der Waals surface area contributed by atoms with Crippen molar-refractivity contribution in [2.75, 3.05) is 18.9 Å². The molecule has 1 fully saturated rings. The van der Waals surface area contributed by atoms with Gasteiger partial charge in [0.15, 0.2) is 11.5 Å². The van der Waals surface area contributed by atoms with Gasteiger partial charge in [0.2, 0.25) is 0 Å². The maximum Gasteiger partial charge on any atom is 0.162 e. The van der Waals surface area contributed by atoms with Crippen LogP contribution in [0.25, 0.3) is 11.3 Å². The number of fused-ring (bicyclic) bond motifs is 1. The predicted molar refractivity (Wildman–Crippen MR) is 74.8 cm³/mol. The highest BCUT2D eigenvalue weighted by molar-refractivity contribution is 5.66. The van der Waals surface area contributed by atoms with E-state index < -0.39 is 0 Å². The minimum Gasteiger partial charge on any atom is -0.486 e. The Kier molecular flexibility index (Phi) is 2.52. The largest absolute Gasteiger partial charge is 0.486 e. The molecule has 5 heteroatoms. The second kappa shape index (κ2) is 4.37. The molecule has 5 nitrogen and oxygen atoms in total. The van der Waals surface area contributed by atoms with Gasteiger partial charge >= 0.3 is 0 Å². The number of aromatic nitrogens is 2. The summed E-state index contributed by atoms with van der Waals surface area (Å²) in [6.07, 6.45) is 2.31. The van der Waals surface area contributed by atoms with Crippen molar-refractivity contribution in [1.82, 2.24) is 9.97 Å². The van der Waals surface area contributed by atoms with Crippen LogP contribution in [-0.2, 0) is 0 Å². The van der Waals surface area contributed by atoms with E-state index in [4.69, 9.17) is 15.2 Å². The summed E-state index contributed by atoms with van der Waals surface area (Å²) in [6.45, 7) is 1.17. The van der Waals surface area contributed by atoms with E-state index in [9.17, 15) is 0 Å². The molecular formula is C15H15N3O2. The van der Waals surface area contributed by atoms with Gasteiger partial charge in [-0.15, -0.1) is 0 Å². The summed E-state index contributed by atoms with van der Waals surface area (Å²) in [5.74, 6) is 3.40. The summed E-state index contributed by atoms with van der Waals surface area (Å²) >= 11 is 0. The molecule has 1 aliphatic carbocycles. The number of nitrogens with zero attached hydrogens (tertiary/aromatic N) is 2. The lowest BCUT2D eigenvalue weighted by Gasteiger charge is -2.18. The van der Waals surface area contributed by atoms with Gasteiger partial charge in [-0.2, -0.15) is 0 Å². The number of hydrogen-bond donors (Lipinski definition) is 1. The standard InChI is InChI=1S/C15H15N3O2/c16-14-8-11(17-15(18-14)9-1-2-9)10-3-4-12-13(7-10)20-6-5-19-12/h3-4,7-9H,1-2,5-6H2,(H2,16,17,18). The Hall–Kier alpha value is -2.30. The Labute approximate surface area is 116 Å². The van der Waals surface area contributed by atoms with Crippen molar-refractivity contribution in [2.24, 2.45) is 0 Å². The normalized spacial score (nSPS) is 17.0. The van der Waals surface area contributed by atoms with Crippen LogP contribution in [0.15, 0.2) is 24.3 Å². The van der Waals surface area contributed by atoms with Crippen molar-refractivity contribution in [3.8, 4) is 22.8 Å². The molecule has 0 amide bonds. The summed E-state index contributed by atoms with van der Waals surface area (Å²) in [5.41, 5.74) is 7.71. The van der Waals surface area contributed by atoms with Crippen LogP contribution in [0.1, 0.15) is 24.6 Å². The van der Waals surface area contributed by atoms with E-state index in [0.29, 0.717) is 24.9 Å². The summed E-state index contributed by atoms with van der Waals surface area (Å²) < 4.78 is 11.1. The average Bonchev–Trinajstić information content (AvgIpc) is 3.31. The van der Waals surface area contributed by atoms with E-state index in [1.165, 1.54) is 0 Å². The molecule has 2 aliphatic rings. The van der Waals surface area contributed by atoms with Gasteiger partial charge < -0.3 is 15.2 Å². The van der Waals surface area contributed by atoms with E-state index in [2.05, 4.69) is 9.97 Å². The number of hydrogen-bond acceptors (Lipinski definition) is 5. The molecule has 4 rings (SSSR count). The van der Waals surface area contributed by atoms with E-state index in [0.717, 1.165) is 41.4 Å². The Morgan fingerprint density at radius 3 is 2.60 bits per heavy atom. The lowest BCUT2D eigenvalue weighted by atomic mass is 10.1. The molecule has 1 aromatic heterocycles. The molecular weight excluding hydrogens is 254 g/mol. The third kappa shape index (κ3) is 2.05. The van der Waals surface area contributed by atoms with Crippen molar-refractivity contribution in [2.45, 2.75) is 18.8 Å². The van der Waals surface area contributed by atoms with Crippen molar-refractivity contribution in [1.29, 1.82) is 0 Å². The second-order valence-corrected chi connectivity index (χ2v) is 5.17. The highest BCUT2D eigenvalue weighted by atomic mass is 16.6. The first-order valence-corrected chi connectivity index (χ1v) is 6.84. The van der Waals surface area contributed by atoms with Crippen molar-refractivity contribution in [3.05, 3.63) is 30.1 Å². The molecule has 0 bridgehead atoms. The first-order chi connectivity index (χ1) is 9.79. The van der Waals surface area contributed by atoms with Gasteiger partial charge in [-0.3, -0.25) is 0 Å². The zero-order valence-corrected chi connectivity index (χ0v) is 11.0. The van der Waals surface area contributed by atoms with Crippen LogP contribution in [0.2, 0.25) is 0 Å². The molecule has 1 saturated carbocycles. The van der Waals surface area contributed by atoms with Crippen molar-refractivity contribution in [3.63, 3.8) is 0 Å². The number of nitrogen functional groups attached to an aromatic ring is 1. The first kappa shape index (κ1) is 11.5. The molecule has 1 aromatic carbocycles. The first-order valence-electron chi connectivity index (χ1n) is 6.84. The molecule has 0 radical (unpaired) electrons. The molecule has 0 unspecified atom stereocenters. The Morgan fingerprint density at radius 1 is 1.00 bits per heavy atom. The fraction of sp³-hybridized carbons (Fsp3) is 0.333. The van der Waals surface area contributed by atoms with Crippen LogP contribution >= 0.6 is 0 Å². The van der Waals surface area contributed by atoms with Gasteiger partial charge in [-0.1, -0.05) is 0 Å². The third-order valence-corrected chi connectivity index (χ3v) is 3.54. The van der Waals surface area contributed by atoms with Crippen molar-refractivity contribution >= 4 is 5.82 Å². The van der Waals surface area contributed by atoms with Crippen molar-refractivity contribution < 1.29 is 9.47 Å². The van der Waals surface area contributed by atoms with Crippen LogP contribution in [0.4, 0.5) is 5.82 Å². The molecule has 20 heavy (non-hydrogen) atoms. The maximum atomic E-state index is 5.89. The van der Waals surface area contributed by atoms with Crippen LogP contribution < -0.4 is 15.2 Å². The quantitative estimate of drug-likeness (QED) is 0.906. The van der Waals surface area contributed by atoms with Gasteiger partial charge in [0.25, 0.3) is 0 Å². The van der Waals surface area contributed by atoms with Gasteiger partial charge in [0.05, 0.1) is 5.69 Å². The number of benzene rings is 1. The smallest absolute Gasteiger partial charge is 0.162 e. The molecule has 2 heterocycles.